The first-order valence-electron chi connectivity index (χ1n) is 8.68. The zero-order valence-corrected chi connectivity index (χ0v) is 15.2. The summed E-state index contributed by atoms with van der Waals surface area (Å²) in [5, 5.41) is 4.83. The van der Waals surface area contributed by atoms with Gasteiger partial charge in [0.2, 0.25) is 0 Å². The van der Waals surface area contributed by atoms with E-state index < -0.39 is 11.9 Å². The third-order valence-electron chi connectivity index (χ3n) is 4.80. The maximum absolute atomic E-state index is 12.6. The highest BCUT2D eigenvalue weighted by molar-refractivity contribution is 7.09. The molecule has 0 saturated carbocycles. The largest absolute Gasteiger partial charge is 0.434 e. The number of halogens is 3. The molecule has 1 unspecified atom stereocenters. The molecular weight excluding hydrogens is 351 g/mol. The van der Waals surface area contributed by atoms with Crippen molar-refractivity contribution in [1.82, 2.24) is 20.1 Å². The summed E-state index contributed by atoms with van der Waals surface area (Å²) in [6, 6.07) is 0.592. The standard InChI is InChI=1S/C16H24F3N5S/c1-20-15(24-9-5-12(10-24)23-7-2-3-8-23)21-6-4-14-22-13(11-25-14)16(17,18)19/h11-12H,2-10H2,1H3,(H,20,21). The number of guanidine groups is 1. The molecule has 3 rings (SSSR count). The second-order valence-corrected chi connectivity index (χ2v) is 7.42. The van der Waals surface area contributed by atoms with Gasteiger partial charge >= 0.3 is 6.18 Å². The number of hydrogen-bond donors (Lipinski definition) is 1. The molecule has 0 bridgehead atoms. The zero-order chi connectivity index (χ0) is 17.9. The quantitative estimate of drug-likeness (QED) is 0.649. The Kier molecular flexibility index (Phi) is 5.83. The summed E-state index contributed by atoms with van der Waals surface area (Å²) in [5.41, 5.74) is -0.801. The van der Waals surface area contributed by atoms with Crippen LogP contribution in [0.4, 0.5) is 13.2 Å². The van der Waals surface area contributed by atoms with Gasteiger partial charge in [-0.25, -0.2) is 4.98 Å². The Morgan fingerprint density at radius 3 is 2.76 bits per heavy atom. The Morgan fingerprint density at radius 2 is 2.12 bits per heavy atom. The van der Waals surface area contributed by atoms with E-state index in [1.807, 2.05) is 0 Å². The molecule has 0 radical (unpaired) electrons. The first kappa shape index (κ1) is 18.4. The van der Waals surface area contributed by atoms with E-state index in [2.05, 4.69) is 25.1 Å². The molecule has 0 aromatic carbocycles. The summed E-state index contributed by atoms with van der Waals surface area (Å²) in [6.07, 6.45) is -0.183. The molecule has 3 heterocycles. The molecule has 0 amide bonds. The number of hydrogen-bond acceptors (Lipinski definition) is 4. The summed E-state index contributed by atoms with van der Waals surface area (Å²) < 4.78 is 37.7. The topological polar surface area (TPSA) is 43.8 Å². The Morgan fingerprint density at radius 1 is 1.36 bits per heavy atom. The minimum Gasteiger partial charge on any atom is -0.356 e. The van der Waals surface area contributed by atoms with Crippen LogP contribution >= 0.6 is 11.3 Å². The Hall–Kier alpha value is -1.35. The van der Waals surface area contributed by atoms with Gasteiger partial charge < -0.3 is 10.2 Å². The molecule has 1 N–H and O–H groups in total. The van der Waals surface area contributed by atoms with Crippen molar-refractivity contribution >= 4 is 17.3 Å². The molecule has 5 nitrogen and oxygen atoms in total. The van der Waals surface area contributed by atoms with Gasteiger partial charge in [-0.3, -0.25) is 9.89 Å². The van der Waals surface area contributed by atoms with Crippen LogP contribution in [0.1, 0.15) is 30.0 Å². The lowest BCUT2D eigenvalue weighted by atomic mass is 10.2. The van der Waals surface area contributed by atoms with Crippen molar-refractivity contribution in [1.29, 1.82) is 0 Å². The smallest absolute Gasteiger partial charge is 0.356 e. The average Bonchev–Trinajstić information content (AvgIpc) is 3.31. The fraction of sp³-hybridized carbons (Fsp3) is 0.750. The Bertz CT molecular complexity index is 595. The molecule has 2 fully saturated rings. The first-order chi connectivity index (χ1) is 12.0. The SMILES string of the molecule is CN=C(NCCc1nc(C(F)(F)F)cs1)N1CCC(N2CCCC2)C1. The van der Waals surface area contributed by atoms with Crippen molar-refractivity contribution in [2.24, 2.45) is 4.99 Å². The van der Waals surface area contributed by atoms with E-state index in [0.717, 1.165) is 42.2 Å². The number of rotatable bonds is 4. The lowest BCUT2D eigenvalue weighted by Crippen LogP contribution is -2.43. The molecule has 1 aromatic heterocycles. The van der Waals surface area contributed by atoms with Crippen LogP contribution < -0.4 is 5.32 Å². The van der Waals surface area contributed by atoms with Gasteiger partial charge in [0.1, 0.15) is 0 Å². The highest BCUT2D eigenvalue weighted by Gasteiger charge is 2.33. The van der Waals surface area contributed by atoms with Gasteiger partial charge in [0, 0.05) is 44.5 Å². The molecule has 9 heteroatoms. The number of aliphatic imine (C=N–C) groups is 1. The summed E-state index contributed by atoms with van der Waals surface area (Å²) in [5.74, 6) is 0.828. The third-order valence-corrected chi connectivity index (χ3v) is 5.70. The van der Waals surface area contributed by atoms with Gasteiger partial charge in [0.15, 0.2) is 11.7 Å². The van der Waals surface area contributed by atoms with Crippen LogP contribution in [0.3, 0.4) is 0 Å². The molecule has 0 spiro atoms. The normalized spacial score (nSPS) is 22.8. The number of nitrogens with one attached hydrogen (secondary N) is 1. The summed E-state index contributed by atoms with van der Waals surface area (Å²) >= 11 is 1.05. The van der Waals surface area contributed by atoms with E-state index in [1.165, 1.54) is 25.9 Å². The monoisotopic (exact) mass is 375 g/mol. The van der Waals surface area contributed by atoms with E-state index >= 15 is 0 Å². The number of alkyl halides is 3. The van der Waals surface area contributed by atoms with Crippen molar-refractivity contribution in [3.8, 4) is 0 Å². The van der Waals surface area contributed by atoms with Crippen molar-refractivity contribution in [2.75, 3.05) is 39.8 Å². The molecule has 0 aliphatic carbocycles. The Labute approximate surface area is 149 Å². The van der Waals surface area contributed by atoms with Crippen LogP contribution in [-0.2, 0) is 12.6 Å². The average molecular weight is 375 g/mol. The van der Waals surface area contributed by atoms with Gasteiger partial charge in [0.05, 0.1) is 5.01 Å². The highest BCUT2D eigenvalue weighted by Crippen LogP contribution is 2.30. The maximum atomic E-state index is 12.6. The van der Waals surface area contributed by atoms with Gasteiger partial charge in [-0.05, 0) is 32.4 Å². The molecule has 1 aromatic rings. The van der Waals surface area contributed by atoms with Crippen molar-refractivity contribution < 1.29 is 13.2 Å². The van der Waals surface area contributed by atoms with Crippen molar-refractivity contribution in [2.45, 2.75) is 37.9 Å². The fourth-order valence-corrected chi connectivity index (χ4v) is 4.31. The van der Waals surface area contributed by atoms with Crippen molar-refractivity contribution in [3.05, 3.63) is 16.1 Å². The molecule has 1 atom stereocenters. The minimum absolute atomic E-state index is 0.461. The van der Waals surface area contributed by atoms with Crippen LogP contribution in [-0.4, -0.2) is 66.6 Å². The first-order valence-corrected chi connectivity index (χ1v) is 9.56. The number of nitrogens with zero attached hydrogens (tertiary/aromatic N) is 4. The second-order valence-electron chi connectivity index (χ2n) is 6.48. The summed E-state index contributed by atoms with van der Waals surface area (Å²) in [7, 11) is 1.75. The maximum Gasteiger partial charge on any atom is 0.434 e. The lowest BCUT2D eigenvalue weighted by molar-refractivity contribution is -0.140. The van der Waals surface area contributed by atoms with Gasteiger partial charge in [-0.15, -0.1) is 11.3 Å². The van der Waals surface area contributed by atoms with Gasteiger partial charge in [-0.2, -0.15) is 13.2 Å². The molecule has 2 aliphatic heterocycles. The highest BCUT2D eigenvalue weighted by atomic mass is 32.1. The van der Waals surface area contributed by atoms with Crippen LogP contribution in [0.2, 0.25) is 0 Å². The van der Waals surface area contributed by atoms with Gasteiger partial charge in [0.25, 0.3) is 0 Å². The predicted octanol–water partition coefficient (Wildman–Crippen LogP) is 2.45. The minimum atomic E-state index is -4.36. The number of thiazole rings is 1. The lowest BCUT2D eigenvalue weighted by Gasteiger charge is -2.25. The summed E-state index contributed by atoms with van der Waals surface area (Å²) in [4.78, 5) is 12.8. The van der Waals surface area contributed by atoms with Gasteiger partial charge in [-0.1, -0.05) is 0 Å². The Balaban J connectivity index is 1.46. The second kappa shape index (κ2) is 7.90. The number of likely N-dealkylation sites (tertiary alicyclic amines) is 2. The van der Waals surface area contributed by atoms with Crippen molar-refractivity contribution in [3.63, 3.8) is 0 Å². The summed E-state index contributed by atoms with van der Waals surface area (Å²) in [6.45, 7) is 4.85. The number of aromatic nitrogens is 1. The van der Waals surface area contributed by atoms with Crippen LogP contribution in [0.25, 0.3) is 0 Å². The van der Waals surface area contributed by atoms with E-state index in [4.69, 9.17) is 0 Å². The molecule has 140 valence electrons. The van der Waals surface area contributed by atoms with E-state index in [-0.39, 0.29) is 0 Å². The van der Waals surface area contributed by atoms with Crippen LogP contribution in [0.5, 0.6) is 0 Å². The van der Waals surface area contributed by atoms with E-state index in [0.29, 0.717) is 24.0 Å². The van der Waals surface area contributed by atoms with Crippen LogP contribution in [0.15, 0.2) is 10.4 Å². The predicted molar refractivity (Wildman–Crippen MR) is 93.0 cm³/mol. The van der Waals surface area contributed by atoms with E-state index in [9.17, 15) is 13.2 Å². The molecule has 2 saturated heterocycles. The van der Waals surface area contributed by atoms with Crippen LogP contribution in [0, 0.1) is 0 Å². The zero-order valence-electron chi connectivity index (χ0n) is 14.3. The molecule has 25 heavy (non-hydrogen) atoms. The third kappa shape index (κ3) is 4.63. The fourth-order valence-electron chi connectivity index (χ4n) is 3.51. The molecule has 2 aliphatic rings. The molecular formula is C16H24F3N5S. The van der Waals surface area contributed by atoms with E-state index in [1.54, 1.807) is 7.05 Å².